The van der Waals surface area contributed by atoms with Crippen LogP contribution in [0.3, 0.4) is 0 Å². The van der Waals surface area contributed by atoms with E-state index >= 15 is 0 Å². The van der Waals surface area contributed by atoms with Gasteiger partial charge in [0.2, 0.25) is 12.3 Å². The number of amides is 2. The Bertz CT molecular complexity index is 814. The van der Waals surface area contributed by atoms with Crippen LogP contribution in [0.4, 0.5) is 5.69 Å². The van der Waals surface area contributed by atoms with E-state index in [0.29, 0.717) is 18.4 Å². The van der Waals surface area contributed by atoms with E-state index in [-0.39, 0.29) is 18.0 Å². The predicted molar refractivity (Wildman–Crippen MR) is 96.4 cm³/mol. The van der Waals surface area contributed by atoms with Gasteiger partial charge in [0.05, 0.1) is 6.04 Å². The van der Waals surface area contributed by atoms with Gasteiger partial charge in [-0.05, 0) is 42.2 Å². The number of hydrogen-bond acceptors (Lipinski definition) is 3. The maximum Gasteiger partial charge on any atom is 0.224 e. The number of rotatable bonds is 4. The fourth-order valence-electron chi connectivity index (χ4n) is 3.52. The molecule has 1 aliphatic rings. The molecule has 0 radical (unpaired) electrons. The lowest BCUT2D eigenvalue weighted by Gasteiger charge is -2.39. The number of carbonyl (C=O) groups excluding carboxylic acids is 3. The van der Waals surface area contributed by atoms with Gasteiger partial charge < -0.3 is 10.2 Å². The molecule has 128 valence electrons. The lowest BCUT2D eigenvalue weighted by atomic mass is 9.89. The largest absolute Gasteiger partial charge is 0.352 e. The van der Waals surface area contributed by atoms with Crippen LogP contribution in [-0.4, -0.2) is 24.6 Å². The number of nitrogens with zero attached hydrogens (tertiary/aromatic N) is 1. The average molecular weight is 336 g/mol. The molecule has 25 heavy (non-hydrogen) atoms. The van der Waals surface area contributed by atoms with Crippen LogP contribution >= 0.6 is 0 Å². The van der Waals surface area contributed by atoms with Gasteiger partial charge in [-0.3, -0.25) is 14.4 Å². The van der Waals surface area contributed by atoms with Crippen molar-refractivity contribution in [1.29, 1.82) is 0 Å². The normalized spacial score (nSPS) is 19.0. The Hall–Kier alpha value is -2.95. The Morgan fingerprint density at radius 1 is 1.12 bits per heavy atom. The predicted octanol–water partition coefficient (Wildman–Crippen LogP) is 3.10. The van der Waals surface area contributed by atoms with Crippen molar-refractivity contribution >= 4 is 24.3 Å². The van der Waals surface area contributed by atoms with Crippen molar-refractivity contribution in [3.8, 4) is 11.1 Å². The van der Waals surface area contributed by atoms with Crippen molar-refractivity contribution in [3.05, 3.63) is 53.6 Å². The summed E-state index contributed by atoms with van der Waals surface area (Å²) < 4.78 is 0. The van der Waals surface area contributed by atoms with E-state index in [0.717, 1.165) is 28.7 Å². The van der Waals surface area contributed by atoms with Crippen molar-refractivity contribution in [2.45, 2.75) is 32.4 Å². The lowest BCUT2D eigenvalue weighted by Crippen LogP contribution is -2.44. The molecule has 2 aromatic carbocycles. The third-order valence-corrected chi connectivity index (χ3v) is 4.67. The van der Waals surface area contributed by atoms with Crippen molar-refractivity contribution in [2.75, 3.05) is 4.90 Å². The number of nitrogens with one attached hydrogen (secondary N) is 1. The Kier molecular flexibility index (Phi) is 4.65. The maximum absolute atomic E-state index is 12.1. The maximum atomic E-state index is 12.1. The molecular formula is C20H20N2O3. The topological polar surface area (TPSA) is 66.5 Å². The standard InChI is InChI=1S/C20H20N2O3/c1-13-9-19(21-12-24)18-10-17(7-8-20(18)22(13)14(2)25)16-5-3-15(11-23)4-6-16/h3-8,10-13,19H,9H2,1-2H3,(H,21,24)/t13-,19+/m1/s1. The van der Waals surface area contributed by atoms with Crippen LogP contribution in [0.5, 0.6) is 0 Å². The van der Waals surface area contributed by atoms with Gasteiger partial charge in [-0.1, -0.05) is 30.3 Å². The molecule has 5 heteroatoms. The second-order valence-corrected chi connectivity index (χ2v) is 6.32. The first kappa shape index (κ1) is 16.9. The Morgan fingerprint density at radius 3 is 2.40 bits per heavy atom. The quantitative estimate of drug-likeness (QED) is 0.873. The molecule has 0 bridgehead atoms. The van der Waals surface area contributed by atoms with Gasteiger partial charge in [0.1, 0.15) is 6.29 Å². The van der Waals surface area contributed by atoms with Crippen molar-refractivity contribution in [3.63, 3.8) is 0 Å². The summed E-state index contributed by atoms with van der Waals surface area (Å²) in [4.78, 5) is 35.7. The Balaban J connectivity index is 2.08. The monoisotopic (exact) mass is 336 g/mol. The summed E-state index contributed by atoms with van der Waals surface area (Å²) in [6.45, 7) is 3.54. The van der Waals surface area contributed by atoms with E-state index in [1.54, 1.807) is 24.0 Å². The van der Waals surface area contributed by atoms with Gasteiger partial charge in [-0.25, -0.2) is 0 Å². The molecule has 1 aliphatic heterocycles. The zero-order valence-electron chi connectivity index (χ0n) is 14.2. The second-order valence-electron chi connectivity index (χ2n) is 6.32. The van der Waals surface area contributed by atoms with Crippen molar-refractivity contribution < 1.29 is 14.4 Å². The highest BCUT2D eigenvalue weighted by atomic mass is 16.2. The molecule has 0 saturated heterocycles. The van der Waals surface area contributed by atoms with Crippen LogP contribution in [0.1, 0.15) is 42.2 Å². The molecule has 1 heterocycles. The summed E-state index contributed by atoms with van der Waals surface area (Å²) in [5, 5.41) is 2.86. The first-order chi connectivity index (χ1) is 12.0. The Morgan fingerprint density at radius 2 is 1.80 bits per heavy atom. The number of carbonyl (C=O) groups is 3. The van der Waals surface area contributed by atoms with Gasteiger partial charge in [0.15, 0.2) is 0 Å². The molecule has 0 unspecified atom stereocenters. The average Bonchev–Trinajstić information content (AvgIpc) is 2.61. The zero-order valence-corrected chi connectivity index (χ0v) is 14.2. The van der Waals surface area contributed by atoms with Crippen LogP contribution in [0.25, 0.3) is 11.1 Å². The summed E-state index contributed by atoms with van der Waals surface area (Å²) in [5.74, 6) is -0.0126. The molecule has 0 saturated carbocycles. The SMILES string of the molecule is CC(=O)N1c2ccc(-c3ccc(C=O)cc3)cc2[C@@H](NC=O)C[C@H]1C. The minimum absolute atomic E-state index is 0.0126. The number of aldehydes is 1. The number of hydrogen-bond donors (Lipinski definition) is 1. The first-order valence-electron chi connectivity index (χ1n) is 8.24. The second kappa shape index (κ2) is 6.89. The molecule has 0 aromatic heterocycles. The summed E-state index contributed by atoms with van der Waals surface area (Å²) in [5.41, 5.74) is 4.34. The minimum atomic E-state index is -0.132. The molecule has 2 atom stereocenters. The lowest BCUT2D eigenvalue weighted by molar-refractivity contribution is -0.117. The summed E-state index contributed by atoms with van der Waals surface area (Å²) >= 11 is 0. The van der Waals surface area contributed by atoms with Crippen LogP contribution in [0.15, 0.2) is 42.5 Å². The minimum Gasteiger partial charge on any atom is -0.352 e. The highest BCUT2D eigenvalue weighted by Gasteiger charge is 2.32. The van der Waals surface area contributed by atoms with Crippen LogP contribution in [-0.2, 0) is 9.59 Å². The first-order valence-corrected chi connectivity index (χ1v) is 8.24. The molecular weight excluding hydrogens is 316 g/mol. The molecule has 0 spiro atoms. The molecule has 3 rings (SSSR count). The molecule has 0 fully saturated rings. The molecule has 0 aliphatic carbocycles. The zero-order chi connectivity index (χ0) is 18.0. The highest BCUT2D eigenvalue weighted by Crippen LogP contribution is 2.39. The molecule has 5 nitrogen and oxygen atoms in total. The van der Waals surface area contributed by atoms with Gasteiger partial charge in [0, 0.05) is 24.2 Å². The van der Waals surface area contributed by atoms with Crippen molar-refractivity contribution in [1.82, 2.24) is 5.32 Å². The van der Waals surface area contributed by atoms with E-state index in [9.17, 15) is 14.4 Å². The fraction of sp³-hybridized carbons (Fsp3) is 0.250. The van der Waals surface area contributed by atoms with E-state index in [4.69, 9.17) is 0 Å². The van der Waals surface area contributed by atoms with E-state index in [1.807, 2.05) is 37.3 Å². The van der Waals surface area contributed by atoms with Crippen molar-refractivity contribution in [2.24, 2.45) is 0 Å². The molecule has 2 aromatic rings. The third kappa shape index (κ3) is 3.18. The van der Waals surface area contributed by atoms with E-state index in [1.165, 1.54) is 0 Å². The van der Waals surface area contributed by atoms with Gasteiger partial charge in [-0.15, -0.1) is 0 Å². The Labute approximate surface area is 146 Å². The van der Waals surface area contributed by atoms with Crippen LogP contribution in [0, 0.1) is 0 Å². The van der Waals surface area contributed by atoms with E-state index < -0.39 is 0 Å². The number of fused-ring (bicyclic) bond motifs is 1. The van der Waals surface area contributed by atoms with Crippen LogP contribution in [0.2, 0.25) is 0 Å². The molecule has 2 amide bonds. The number of benzene rings is 2. The molecule has 1 N–H and O–H groups in total. The van der Waals surface area contributed by atoms with E-state index in [2.05, 4.69) is 5.32 Å². The van der Waals surface area contributed by atoms with Gasteiger partial charge in [-0.2, -0.15) is 0 Å². The highest BCUT2D eigenvalue weighted by molar-refractivity contribution is 5.94. The number of anilines is 1. The summed E-state index contributed by atoms with van der Waals surface area (Å²) in [6.07, 6.45) is 2.18. The summed E-state index contributed by atoms with van der Waals surface area (Å²) in [6, 6.07) is 13.1. The smallest absolute Gasteiger partial charge is 0.224 e. The van der Waals surface area contributed by atoms with Gasteiger partial charge >= 0.3 is 0 Å². The van der Waals surface area contributed by atoms with Gasteiger partial charge in [0.25, 0.3) is 0 Å². The fourth-order valence-corrected chi connectivity index (χ4v) is 3.52. The van der Waals surface area contributed by atoms with Crippen LogP contribution < -0.4 is 10.2 Å². The summed E-state index contributed by atoms with van der Waals surface area (Å²) in [7, 11) is 0. The third-order valence-electron chi connectivity index (χ3n) is 4.67.